The highest BCUT2D eigenvalue weighted by atomic mass is 32.2. The van der Waals surface area contributed by atoms with Crippen molar-refractivity contribution in [1.82, 2.24) is 0 Å². The van der Waals surface area contributed by atoms with Crippen molar-refractivity contribution < 1.29 is 26.7 Å². The summed E-state index contributed by atoms with van der Waals surface area (Å²) >= 11 is 0.813. The Labute approximate surface area is 123 Å². The van der Waals surface area contributed by atoms with Gasteiger partial charge in [0.1, 0.15) is 12.3 Å². The molecule has 3 atom stereocenters. The van der Waals surface area contributed by atoms with E-state index in [1.54, 1.807) is 30.3 Å². The van der Waals surface area contributed by atoms with E-state index in [9.17, 15) is 26.7 Å². The van der Waals surface area contributed by atoms with E-state index in [2.05, 4.69) is 0 Å². The van der Waals surface area contributed by atoms with Crippen LogP contribution in [-0.4, -0.2) is 35.8 Å². The molecule has 0 bridgehead atoms. The van der Waals surface area contributed by atoms with Crippen molar-refractivity contribution in [1.29, 1.82) is 0 Å². The normalized spacial score (nSPS) is 15.7. The molecule has 0 aliphatic carbocycles. The van der Waals surface area contributed by atoms with Crippen LogP contribution in [0.15, 0.2) is 30.3 Å². The number of hydrogen-bond donors (Lipinski definition) is 0. The number of rotatable bonds is 8. The molecule has 0 spiro atoms. The Balaban J connectivity index is 2.30. The van der Waals surface area contributed by atoms with Crippen LogP contribution in [0.3, 0.4) is 0 Å². The summed E-state index contributed by atoms with van der Waals surface area (Å²) in [7, 11) is 0. The van der Waals surface area contributed by atoms with E-state index in [1.165, 1.54) is 0 Å². The fraction of sp³-hybridized carbons (Fsp3) is 0.500. The van der Waals surface area contributed by atoms with Crippen LogP contribution in [0.1, 0.15) is 23.2 Å². The second-order valence-corrected chi connectivity index (χ2v) is 5.48. The first-order chi connectivity index (χ1) is 9.91. The third-order valence-electron chi connectivity index (χ3n) is 2.75. The van der Waals surface area contributed by atoms with Crippen molar-refractivity contribution in [3.05, 3.63) is 35.9 Å². The van der Waals surface area contributed by atoms with E-state index in [1.807, 2.05) is 0 Å². The van der Waals surface area contributed by atoms with Gasteiger partial charge in [0.15, 0.2) is 6.17 Å². The van der Waals surface area contributed by atoms with E-state index in [0.717, 1.165) is 11.8 Å². The summed E-state index contributed by atoms with van der Waals surface area (Å²) in [4.78, 5) is 11.7. The molecule has 0 aliphatic rings. The molecular formula is C14H15F5OS. The zero-order chi connectivity index (χ0) is 15.8. The molecule has 0 N–H and O–H groups in total. The van der Waals surface area contributed by atoms with Gasteiger partial charge in [0.2, 0.25) is 5.12 Å². The lowest BCUT2D eigenvalue weighted by atomic mass is 10.1. The SMILES string of the molecule is O=C(SCCC(F)C(F)CC(F)C(F)F)c1ccccc1. The summed E-state index contributed by atoms with van der Waals surface area (Å²) in [6, 6.07) is 8.28. The fourth-order valence-corrected chi connectivity index (χ4v) is 2.40. The first kappa shape index (κ1) is 17.9. The molecule has 118 valence electrons. The van der Waals surface area contributed by atoms with Gasteiger partial charge in [-0.25, -0.2) is 22.0 Å². The molecule has 0 radical (unpaired) electrons. The highest BCUT2D eigenvalue weighted by Crippen LogP contribution is 2.22. The zero-order valence-electron chi connectivity index (χ0n) is 11.0. The van der Waals surface area contributed by atoms with Gasteiger partial charge in [-0.3, -0.25) is 4.79 Å². The van der Waals surface area contributed by atoms with Crippen LogP contribution in [-0.2, 0) is 0 Å². The minimum atomic E-state index is -3.32. The van der Waals surface area contributed by atoms with Crippen LogP contribution in [0.4, 0.5) is 22.0 Å². The number of alkyl halides is 5. The Morgan fingerprint density at radius 3 is 2.14 bits per heavy atom. The van der Waals surface area contributed by atoms with E-state index in [0.29, 0.717) is 5.56 Å². The van der Waals surface area contributed by atoms with E-state index >= 15 is 0 Å². The Bertz CT molecular complexity index is 429. The zero-order valence-corrected chi connectivity index (χ0v) is 11.8. The monoisotopic (exact) mass is 326 g/mol. The predicted octanol–water partition coefficient (Wildman–Crippen LogP) is 4.62. The van der Waals surface area contributed by atoms with Gasteiger partial charge < -0.3 is 0 Å². The summed E-state index contributed by atoms with van der Waals surface area (Å²) in [6.07, 6.45) is -11.8. The lowest BCUT2D eigenvalue weighted by Crippen LogP contribution is -2.25. The van der Waals surface area contributed by atoms with Crippen molar-refractivity contribution in [2.24, 2.45) is 0 Å². The maximum absolute atomic E-state index is 13.4. The van der Waals surface area contributed by atoms with Crippen LogP contribution >= 0.6 is 11.8 Å². The van der Waals surface area contributed by atoms with Gasteiger partial charge in [-0.2, -0.15) is 0 Å². The van der Waals surface area contributed by atoms with Crippen molar-refractivity contribution in [3.8, 4) is 0 Å². The fourth-order valence-electron chi connectivity index (χ4n) is 1.57. The van der Waals surface area contributed by atoms with Gasteiger partial charge in [-0.05, 0) is 6.42 Å². The number of thioether (sulfide) groups is 1. The number of benzene rings is 1. The quantitative estimate of drug-likeness (QED) is 0.649. The van der Waals surface area contributed by atoms with Crippen molar-refractivity contribution in [2.45, 2.75) is 37.8 Å². The largest absolute Gasteiger partial charge is 0.282 e. The number of halogens is 5. The molecule has 0 amide bonds. The third-order valence-corrected chi connectivity index (χ3v) is 3.69. The van der Waals surface area contributed by atoms with Gasteiger partial charge in [-0.1, -0.05) is 42.1 Å². The average Bonchev–Trinajstić information content (AvgIpc) is 2.47. The van der Waals surface area contributed by atoms with Crippen LogP contribution in [0, 0.1) is 0 Å². The van der Waals surface area contributed by atoms with Crippen LogP contribution in [0.2, 0.25) is 0 Å². The van der Waals surface area contributed by atoms with Gasteiger partial charge in [0.05, 0.1) is 0 Å². The van der Waals surface area contributed by atoms with Crippen LogP contribution in [0.5, 0.6) is 0 Å². The van der Waals surface area contributed by atoms with Crippen molar-refractivity contribution in [3.63, 3.8) is 0 Å². The first-order valence-corrected chi connectivity index (χ1v) is 7.33. The van der Waals surface area contributed by atoms with Crippen molar-refractivity contribution >= 4 is 16.9 Å². The Morgan fingerprint density at radius 1 is 0.952 bits per heavy atom. The molecule has 0 saturated carbocycles. The molecule has 21 heavy (non-hydrogen) atoms. The summed E-state index contributed by atoms with van der Waals surface area (Å²) in [5.41, 5.74) is 0.441. The molecule has 1 aromatic carbocycles. The maximum atomic E-state index is 13.4. The second kappa shape index (κ2) is 9.02. The molecule has 1 rings (SSSR count). The minimum absolute atomic E-state index is 0.000938. The molecular weight excluding hydrogens is 311 g/mol. The van der Waals surface area contributed by atoms with Gasteiger partial charge >= 0.3 is 0 Å². The summed E-state index contributed by atoms with van der Waals surface area (Å²) in [5, 5.41) is -0.283. The number of hydrogen-bond acceptors (Lipinski definition) is 2. The molecule has 1 aromatic rings. The van der Waals surface area contributed by atoms with Gasteiger partial charge in [-0.15, -0.1) is 0 Å². The summed E-state index contributed by atoms with van der Waals surface area (Å²) in [6.45, 7) is 0. The Morgan fingerprint density at radius 2 is 1.57 bits per heavy atom. The first-order valence-electron chi connectivity index (χ1n) is 6.34. The summed E-state index contributed by atoms with van der Waals surface area (Å²) < 4.78 is 62.9. The molecule has 0 fully saturated rings. The predicted molar refractivity (Wildman–Crippen MR) is 73.2 cm³/mol. The molecule has 3 unspecified atom stereocenters. The van der Waals surface area contributed by atoms with Gasteiger partial charge in [0.25, 0.3) is 6.43 Å². The number of carbonyl (C=O) groups is 1. The molecule has 0 aliphatic heterocycles. The highest BCUT2D eigenvalue weighted by Gasteiger charge is 2.29. The maximum Gasteiger partial charge on any atom is 0.269 e. The molecule has 0 saturated heterocycles. The lowest BCUT2D eigenvalue weighted by Gasteiger charge is -2.15. The molecule has 7 heteroatoms. The van der Waals surface area contributed by atoms with E-state index < -0.39 is 31.4 Å². The number of carbonyl (C=O) groups excluding carboxylic acids is 1. The Kier molecular flexibility index (Phi) is 7.71. The second-order valence-electron chi connectivity index (χ2n) is 4.41. The standard InChI is InChI=1S/C14H15F5OS/c15-10(11(16)8-12(17)13(18)19)6-7-21-14(20)9-4-2-1-3-5-9/h1-5,10-13H,6-8H2. The van der Waals surface area contributed by atoms with Crippen molar-refractivity contribution in [2.75, 3.05) is 5.75 Å². The molecule has 1 nitrogen and oxygen atoms in total. The molecule has 0 heterocycles. The smallest absolute Gasteiger partial charge is 0.269 e. The minimum Gasteiger partial charge on any atom is -0.282 e. The highest BCUT2D eigenvalue weighted by molar-refractivity contribution is 8.14. The molecule has 0 aromatic heterocycles. The topological polar surface area (TPSA) is 17.1 Å². The average molecular weight is 326 g/mol. The Hall–Kier alpha value is -1.11. The van der Waals surface area contributed by atoms with Crippen LogP contribution < -0.4 is 0 Å². The summed E-state index contributed by atoms with van der Waals surface area (Å²) in [5.74, 6) is 0.000938. The van der Waals surface area contributed by atoms with Crippen LogP contribution in [0.25, 0.3) is 0 Å². The van der Waals surface area contributed by atoms with E-state index in [-0.39, 0.29) is 17.3 Å². The van der Waals surface area contributed by atoms with E-state index in [4.69, 9.17) is 0 Å². The van der Waals surface area contributed by atoms with Gasteiger partial charge in [0, 0.05) is 17.7 Å². The third kappa shape index (κ3) is 6.46. The lowest BCUT2D eigenvalue weighted by molar-refractivity contribution is 0.0188.